The van der Waals surface area contributed by atoms with Gasteiger partial charge in [-0.25, -0.2) is 0 Å². The van der Waals surface area contributed by atoms with Crippen molar-refractivity contribution in [3.05, 3.63) is 29.8 Å². The third kappa shape index (κ3) is 4.89. The number of para-hydroxylation sites is 1. The molecule has 0 radical (unpaired) electrons. The topological polar surface area (TPSA) is 67.8 Å². The van der Waals surface area contributed by atoms with E-state index in [9.17, 15) is 4.79 Å². The van der Waals surface area contributed by atoms with Gasteiger partial charge >= 0.3 is 5.97 Å². The van der Waals surface area contributed by atoms with E-state index in [-0.39, 0.29) is 19.2 Å². The fourth-order valence-corrected chi connectivity index (χ4v) is 1.74. The number of benzene rings is 1. The van der Waals surface area contributed by atoms with Crippen LogP contribution < -0.4 is 10.1 Å². The average molecular weight is 267 g/mol. The maximum absolute atomic E-state index is 11.5. The summed E-state index contributed by atoms with van der Waals surface area (Å²) >= 11 is 0. The van der Waals surface area contributed by atoms with E-state index in [0.717, 1.165) is 5.56 Å². The Labute approximate surface area is 113 Å². The summed E-state index contributed by atoms with van der Waals surface area (Å²) in [5.41, 5.74) is 0.921. The van der Waals surface area contributed by atoms with Gasteiger partial charge in [0.05, 0.1) is 7.11 Å². The van der Waals surface area contributed by atoms with Crippen molar-refractivity contribution in [2.45, 2.75) is 19.4 Å². The summed E-state index contributed by atoms with van der Waals surface area (Å²) in [7, 11) is 1.35. The molecule has 1 rings (SSSR count). The van der Waals surface area contributed by atoms with Crippen LogP contribution in [-0.4, -0.2) is 44.0 Å². The lowest BCUT2D eigenvalue weighted by Crippen LogP contribution is -2.42. The second-order valence-electron chi connectivity index (χ2n) is 4.03. The molecule has 1 atom stereocenters. The molecular formula is C14H21NO4. The number of ether oxygens (including phenoxy) is 2. The Morgan fingerprint density at radius 3 is 2.79 bits per heavy atom. The summed E-state index contributed by atoms with van der Waals surface area (Å²) < 4.78 is 10.4. The number of hydrogen-bond acceptors (Lipinski definition) is 5. The normalized spacial score (nSPS) is 11.9. The van der Waals surface area contributed by atoms with Crippen molar-refractivity contribution in [1.82, 2.24) is 5.32 Å². The van der Waals surface area contributed by atoms with Crippen LogP contribution in [-0.2, 0) is 16.0 Å². The minimum Gasteiger partial charge on any atom is -0.491 e. The van der Waals surface area contributed by atoms with Crippen molar-refractivity contribution in [3.8, 4) is 5.75 Å². The van der Waals surface area contributed by atoms with Crippen LogP contribution in [0, 0.1) is 0 Å². The van der Waals surface area contributed by atoms with E-state index >= 15 is 0 Å². The Morgan fingerprint density at radius 1 is 1.42 bits per heavy atom. The highest BCUT2D eigenvalue weighted by atomic mass is 16.5. The van der Waals surface area contributed by atoms with Crippen LogP contribution in [0.25, 0.3) is 0 Å². The summed E-state index contributed by atoms with van der Waals surface area (Å²) in [6, 6.07) is 6.98. The van der Waals surface area contributed by atoms with Crippen molar-refractivity contribution in [2.75, 3.05) is 26.9 Å². The number of nitrogens with one attached hydrogen (secondary N) is 1. The highest BCUT2D eigenvalue weighted by molar-refractivity contribution is 5.75. The largest absolute Gasteiger partial charge is 0.491 e. The number of aliphatic hydroxyl groups excluding tert-OH is 1. The highest BCUT2D eigenvalue weighted by Gasteiger charge is 2.19. The molecule has 0 saturated heterocycles. The molecule has 19 heavy (non-hydrogen) atoms. The number of aliphatic hydroxyl groups is 1. The van der Waals surface area contributed by atoms with E-state index in [4.69, 9.17) is 14.6 Å². The van der Waals surface area contributed by atoms with Gasteiger partial charge < -0.3 is 19.9 Å². The SMILES string of the molecule is CCNC(COc1ccccc1CCO)C(=O)OC. The van der Waals surface area contributed by atoms with E-state index in [0.29, 0.717) is 18.7 Å². The molecule has 2 N–H and O–H groups in total. The fraction of sp³-hybridized carbons (Fsp3) is 0.500. The quantitative estimate of drug-likeness (QED) is 0.680. The monoisotopic (exact) mass is 267 g/mol. The molecule has 1 unspecified atom stereocenters. The number of carbonyl (C=O) groups is 1. The van der Waals surface area contributed by atoms with Crippen molar-refractivity contribution in [1.29, 1.82) is 0 Å². The molecule has 0 aliphatic carbocycles. The lowest BCUT2D eigenvalue weighted by atomic mass is 10.1. The lowest BCUT2D eigenvalue weighted by molar-refractivity contribution is -0.143. The van der Waals surface area contributed by atoms with E-state index in [1.807, 2.05) is 31.2 Å². The molecule has 5 heteroatoms. The zero-order valence-electron chi connectivity index (χ0n) is 11.4. The van der Waals surface area contributed by atoms with Gasteiger partial charge in [-0.05, 0) is 24.6 Å². The van der Waals surface area contributed by atoms with Crippen molar-refractivity contribution >= 4 is 5.97 Å². The van der Waals surface area contributed by atoms with E-state index in [2.05, 4.69) is 5.32 Å². The van der Waals surface area contributed by atoms with E-state index < -0.39 is 6.04 Å². The molecule has 0 amide bonds. The fourth-order valence-electron chi connectivity index (χ4n) is 1.74. The molecule has 0 aliphatic rings. The first kappa shape index (κ1) is 15.5. The zero-order chi connectivity index (χ0) is 14.1. The van der Waals surface area contributed by atoms with Gasteiger partial charge in [0.1, 0.15) is 18.4 Å². The molecule has 0 aliphatic heterocycles. The second-order valence-corrected chi connectivity index (χ2v) is 4.03. The smallest absolute Gasteiger partial charge is 0.326 e. The number of hydrogen-bond donors (Lipinski definition) is 2. The predicted molar refractivity (Wildman–Crippen MR) is 72.2 cm³/mol. The maximum Gasteiger partial charge on any atom is 0.326 e. The van der Waals surface area contributed by atoms with Crippen LogP contribution in [0.5, 0.6) is 5.75 Å². The van der Waals surface area contributed by atoms with Crippen molar-refractivity contribution < 1.29 is 19.4 Å². The van der Waals surface area contributed by atoms with Crippen molar-refractivity contribution in [3.63, 3.8) is 0 Å². The Balaban J connectivity index is 2.65. The van der Waals surface area contributed by atoms with Crippen LogP contribution in [0.15, 0.2) is 24.3 Å². The molecule has 106 valence electrons. The summed E-state index contributed by atoms with van der Waals surface area (Å²) in [5.74, 6) is 0.338. The highest BCUT2D eigenvalue weighted by Crippen LogP contribution is 2.18. The van der Waals surface area contributed by atoms with Gasteiger partial charge in [-0.1, -0.05) is 25.1 Å². The molecule has 1 aromatic rings. The summed E-state index contributed by atoms with van der Waals surface area (Å²) in [5, 5.41) is 12.0. The summed E-state index contributed by atoms with van der Waals surface area (Å²) in [6.45, 7) is 2.83. The number of esters is 1. The van der Waals surface area contributed by atoms with Gasteiger partial charge in [0.25, 0.3) is 0 Å². The first-order chi connectivity index (χ1) is 9.22. The van der Waals surface area contributed by atoms with E-state index in [1.54, 1.807) is 0 Å². The second kappa shape index (κ2) is 8.50. The summed E-state index contributed by atoms with van der Waals surface area (Å²) in [6.07, 6.45) is 0.528. The van der Waals surface area contributed by atoms with Crippen LogP contribution >= 0.6 is 0 Å². The molecule has 0 fully saturated rings. The first-order valence-electron chi connectivity index (χ1n) is 6.35. The molecule has 1 aromatic carbocycles. The molecular weight excluding hydrogens is 246 g/mol. The van der Waals surface area contributed by atoms with Gasteiger partial charge in [-0.2, -0.15) is 0 Å². The first-order valence-corrected chi connectivity index (χ1v) is 6.35. The van der Waals surface area contributed by atoms with Gasteiger partial charge in [-0.3, -0.25) is 4.79 Å². The van der Waals surface area contributed by atoms with Crippen LogP contribution in [0.2, 0.25) is 0 Å². The Kier molecular flexibility index (Phi) is 6.92. The minimum absolute atomic E-state index is 0.0635. The number of methoxy groups -OCH3 is 1. The predicted octanol–water partition coefficient (Wildman–Crippen LogP) is 0.751. The maximum atomic E-state index is 11.5. The van der Waals surface area contributed by atoms with Crippen LogP contribution in [0.1, 0.15) is 12.5 Å². The molecule has 5 nitrogen and oxygen atoms in total. The number of rotatable bonds is 8. The standard InChI is InChI=1S/C14H21NO4/c1-3-15-12(14(17)18-2)10-19-13-7-5-4-6-11(13)8-9-16/h4-7,12,15-16H,3,8-10H2,1-2H3. The van der Waals surface area contributed by atoms with Crippen LogP contribution in [0.4, 0.5) is 0 Å². The van der Waals surface area contributed by atoms with E-state index in [1.165, 1.54) is 7.11 Å². The summed E-state index contributed by atoms with van der Waals surface area (Å²) in [4.78, 5) is 11.5. The Bertz CT molecular complexity index is 395. The third-order valence-corrected chi connectivity index (χ3v) is 2.70. The Hall–Kier alpha value is -1.59. The van der Waals surface area contributed by atoms with Crippen molar-refractivity contribution in [2.24, 2.45) is 0 Å². The number of likely N-dealkylation sites (N-methyl/N-ethyl adjacent to an activating group) is 1. The lowest BCUT2D eigenvalue weighted by Gasteiger charge is -2.17. The van der Waals surface area contributed by atoms with Gasteiger partial charge in [-0.15, -0.1) is 0 Å². The minimum atomic E-state index is -0.489. The third-order valence-electron chi connectivity index (χ3n) is 2.70. The molecule has 0 heterocycles. The Morgan fingerprint density at radius 2 is 2.16 bits per heavy atom. The molecule has 0 saturated carbocycles. The molecule has 0 bridgehead atoms. The average Bonchev–Trinajstić information content (AvgIpc) is 2.44. The van der Waals surface area contributed by atoms with Crippen LogP contribution in [0.3, 0.4) is 0 Å². The van der Waals surface area contributed by atoms with Gasteiger partial charge in [0.15, 0.2) is 0 Å². The van der Waals surface area contributed by atoms with Gasteiger partial charge in [0.2, 0.25) is 0 Å². The zero-order valence-corrected chi connectivity index (χ0v) is 11.4. The van der Waals surface area contributed by atoms with Gasteiger partial charge in [0, 0.05) is 6.61 Å². The molecule has 0 aromatic heterocycles. The number of carbonyl (C=O) groups excluding carboxylic acids is 1. The molecule has 0 spiro atoms.